The van der Waals surface area contributed by atoms with Gasteiger partial charge in [-0.15, -0.1) is 0 Å². The first-order valence-electron chi connectivity index (χ1n) is 9.14. The summed E-state index contributed by atoms with van der Waals surface area (Å²) < 4.78 is 78.7. The van der Waals surface area contributed by atoms with Gasteiger partial charge in [-0.3, -0.25) is 14.6 Å². The molecule has 2 aromatic heterocycles. The second-order valence-electron chi connectivity index (χ2n) is 6.66. The van der Waals surface area contributed by atoms with E-state index < -0.39 is 53.8 Å². The van der Waals surface area contributed by atoms with Gasteiger partial charge >= 0.3 is 6.18 Å². The molecule has 0 unspecified atom stereocenters. The second-order valence-corrected chi connectivity index (χ2v) is 6.66. The van der Waals surface area contributed by atoms with E-state index in [1.54, 1.807) is 0 Å². The highest BCUT2D eigenvalue weighted by molar-refractivity contribution is 5.95. The number of hydrogen-bond donors (Lipinski definition) is 2. The van der Waals surface area contributed by atoms with Crippen LogP contribution in [-0.4, -0.2) is 44.6 Å². The third-order valence-electron chi connectivity index (χ3n) is 4.40. The molecule has 2 N–H and O–H groups in total. The Labute approximate surface area is 181 Å². The zero-order valence-corrected chi connectivity index (χ0v) is 16.4. The van der Waals surface area contributed by atoms with E-state index in [4.69, 9.17) is 5.11 Å². The molecule has 0 fully saturated rings. The maximum atomic E-state index is 13.7. The summed E-state index contributed by atoms with van der Waals surface area (Å²) in [6.07, 6.45) is -6.90. The predicted octanol–water partition coefficient (Wildman–Crippen LogP) is 3.02. The fraction of sp³-hybridized carbons (Fsp3) is 0.200. The minimum Gasteiger partial charge on any atom is -0.394 e. The van der Waals surface area contributed by atoms with Gasteiger partial charge in [0.1, 0.15) is 23.1 Å². The summed E-state index contributed by atoms with van der Waals surface area (Å²) in [5.41, 5.74) is -2.85. The summed E-state index contributed by atoms with van der Waals surface area (Å²) in [5.74, 6) is -2.25. The van der Waals surface area contributed by atoms with E-state index in [0.29, 0.717) is 4.68 Å². The smallest absolute Gasteiger partial charge is 0.394 e. The fourth-order valence-electron chi connectivity index (χ4n) is 2.73. The second kappa shape index (κ2) is 9.40. The molecule has 1 amide bonds. The largest absolute Gasteiger partial charge is 0.410 e. The summed E-state index contributed by atoms with van der Waals surface area (Å²) in [6, 6.07) is 4.75. The number of rotatable bonds is 6. The van der Waals surface area contributed by atoms with E-state index in [-0.39, 0.29) is 16.9 Å². The Morgan fingerprint density at radius 2 is 1.88 bits per heavy atom. The highest BCUT2D eigenvalue weighted by Crippen LogP contribution is 2.23. The number of alkyl halides is 5. The van der Waals surface area contributed by atoms with Crippen molar-refractivity contribution in [3.05, 3.63) is 76.1 Å². The molecular weight excluding hydrogens is 458 g/mol. The van der Waals surface area contributed by atoms with Gasteiger partial charge in [0.25, 0.3) is 17.9 Å². The number of carbonyl (C=O) groups is 1. The van der Waals surface area contributed by atoms with E-state index in [9.17, 15) is 35.9 Å². The van der Waals surface area contributed by atoms with E-state index in [2.05, 4.69) is 10.1 Å². The van der Waals surface area contributed by atoms with Crippen LogP contribution in [-0.2, 0) is 0 Å². The van der Waals surface area contributed by atoms with Crippen LogP contribution in [0.15, 0.2) is 53.5 Å². The van der Waals surface area contributed by atoms with Gasteiger partial charge in [0.15, 0.2) is 0 Å². The van der Waals surface area contributed by atoms with Gasteiger partial charge in [0.2, 0.25) is 0 Å². The Hall–Kier alpha value is -3.74. The van der Waals surface area contributed by atoms with E-state index in [1.807, 2.05) is 0 Å². The van der Waals surface area contributed by atoms with Crippen LogP contribution in [0.2, 0.25) is 0 Å². The average molecular weight is 472 g/mol. The molecule has 0 aliphatic carbocycles. The van der Waals surface area contributed by atoms with Crippen LogP contribution in [0.4, 0.5) is 26.3 Å². The molecule has 0 radical (unpaired) electrons. The van der Waals surface area contributed by atoms with E-state index >= 15 is 0 Å². The molecule has 0 spiro atoms. The minimum absolute atomic E-state index is 0.0492. The van der Waals surface area contributed by atoms with Gasteiger partial charge < -0.3 is 10.4 Å². The van der Waals surface area contributed by atoms with Crippen molar-refractivity contribution in [3.8, 4) is 16.9 Å². The van der Waals surface area contributed by atoms with Crippen molar-refractivity contribution in [2.24, 2.45) is 0 Å². The van der Waals surface area contributed by atoms with Crippen LogP contribution >= 0.6 is 0 Å². The van der Waals surface area contributed by atoms with Crippen molar-refractivity contribution in [1.82, 2.24) is 20.1 Å². The van der Waals surface area contributed by atoms with Crippen molar-refractivity contribution in [3.63, 3.8) is 0 Å². The molecule has 2 heterocycles. The number of carbonyl (C=O) groups excluding carboxylic acids is 1. The van der Waals surface area contributed by atoms with Crippen molar-refractivity contribution in [1.29, 1.82) is 0 Å². The lowest BCUT2D eigenvalue weighted by molar-refractivity contribution is -0.161. The topological polar surface area (TPSA) is 97.1 Å². The molecule has 33 heavy (non-hydrogen) atoms. The predicted molar refractivity (Wildman–Crippen MR) is 102 cm³/mol. The first-order valence-corrected chi connectivity index (χ1v) is 9.14. The Morgan fingerprint density at radius 1 is 1.15 bits per heavy atom. The number of halogens is 6. The number of aromatic nitrogens is 3. The molecule has 0 bridgehead atoms. The Balaban J connectivity index is 2.16. The zero-order valence-electron chi connectivity index (χ0n) is 16.4. The van der Waals surface area contributed by atoms with Crippen LogP contribution < -0.4 is 10.9 Å². The van der Waals surface area contributed by atoms with Gasteiger partial charge in [-0.1, -0.05) is 6.07 Å². The van der Waals surface area contributed by atoms with Crippen LogP contribution in [0.5, 0.6) is 0 Å². The van der Waals surface area contributed by atoms with E-state index in [1.165, 1.54) is 17.4 Å². The fourth-order valence-corrected chi connectivity index (χ4v) is 2.73. The first-order chi connectivity index (χ1) is 15.5. The Bertz CT molecular complexity index is 1210. The maximum Gasteiger partial charge on any atom is 0.410 e. The van der Waals surface area contributed by atoms with Crippen LogP contribution in [0.1, 0.15) is 22.5 Å². The van der Waals surface area contributed by atoms with Gasteiger partial charge in [-0.2, -0.15) is 23.0 Å². The minimum atomic E-state index is -5.00. The molecule has 1 aromatic carbocycles. The number of aliphatic hydroxyl groups excluding tert-OH is 1. The molecule has 1 atom stereocenters. The third kappa shape index (κ3) is 5.37. The maximum absolute atomic E-state index is 13.7. The number of nitrogens with one attached hydrogen (secondary N) is 1. The zero-order chi connectivity index (χ0) is 24.3. The SMILES string of the molecule is O=C(N[C@H](CO)C(F)(F)F)c1cc(-c2ccc(C(F)F)nc2)nn(-c2cccc(F)c2)c1=O. The Morgan fingerprint density at radius 3 is 2.42 bits per heavy atom. The van der Waals surface area contributed by atoms with Gasteiger partial charge in [0, 0.05) is 11.8 Å². The van der Waals surface area contributed by atoms with Crippen molar-refractivity contribution in [2.75, 3.05) is 6.61 Å². The summed E-state index contributed by atoms with van der Waals surface area (Å²) in [4.78, 5) is 28.9. The van der Waals surface area contributed by atoms with Crippen molar-refractivity contribution in [2.45, 2.75) is 18.6 Å². The van der Waals surface area contributed by atoms with Gasteiger partial charge in [-0.25, -0.2) is 13.2 Å². The molecule has 0 aliphatic heterocycles. The van der Waals surface area contributed by atoms with Crippen LogP contribution in [0.25, 0.3) is 16.9 Å². The Kier molecular flexibility index (Phi) is 6.81. The summed E-state index contributed by atoms with van der Waals surface area (Å²) in [7, 11) is 0. The number of amides is 1. The highest BCUT2D eigenvalue weighted by Gasteiger charge is 2.40. The van der Waals surface area contributed by atoms with Crippen LogP contribution in [0.3, 0.4) is 0 Å². The average Bonchev–Trinajstić information content (AvgIpc) is 2.76. The first kappa shape index (κ1) is 23.9. The van der Waals surface area contributed by atoms with Crippen molar-refractivity contribution < 1.29 is 36.2 Å². The lowest BCUT2D eigenvalue weighted by atomic mass is 10.1. The standard InChI is InChI=1S/C20H14F6N4O3/c21-11-2-1-3-12(6-11)30-19(33)13(18(32)28-16(9-31)20(24,25)26)7-15(29-30)10-4-5-14(17(22)23)27-8-10/h1-8,16-17,31H,9H2,(H,28,32)/t16-/m1/s1. The molecular formula is C20H14F6N4O3. The molecule has 3 rings (SSSR count). The molecule has 0 aliphatic rings. The van der Waals surface area contributed by atoms with Gasteiger partial charge in [0.05, 0.1) is 18.0 Å². The molecule has 0 saturated heterocycles. The summed E-state index contributed by atoms with van der Waals surface area (Å²) in [6.45, 7) is -1.48. The molecule has 13 heteroatoms. The molecule has 0 saturated carbocycles. The number of nitrogens with zero attached hydrogens (tertiary/aromatic N) is 3. The van der Waals surface area contributed by atoms with E-state index in [0.717, 1.165) is 36.5 Å². The lowest BCUT2D eigenvalue weighted by Crippen LogP contribution is -2.49. The van der Waals surface area contributed by atoms with Crippen molar-refractivity contribution >= 4 is 5.91 Å². The number of aliphatic hydroxyl groups is 1. The molecule has 7 nitrogen and oxygen atoms in total. The number of hydrogen-bond acceptors (Lipinski definition) is 5. The van der Waals surface area contributed by atoms with Crippen LogP contribution in [0, 0.1) is 5.82 Å². The van der Waals surface area contributed by atoms with Gasteiger partial charge in [-0.05, 0) is 36.4 Å². The summed E-state index contributed by atoms with van der Waals surface area (Å²) >= 11 is 0. The lowest BCUT2D eigenvalue weighted by Gasteiger charge is -2.19. The highest BCUT2D eigenvalue weighted by atomic mass is 19.4. The molecule has 174 valence electrons. The molecule has 3 aromatic rings. The monoisotopic (exact) mass is 472 g/mol. The number of pyridine rings is 1. The normalized spacial score (nSPS) is 12.6. The third-order valence-corrected chi connectivity index (χ3v) is 4.40. The summed E-state index contributed by atoms with van der Waals surface area (Å²) in [5, 5.41) is 14.4. The number of benzene rings is 1. The quantitative estimate of drug-likeness (QED) is 0.538.